The van der Waals surface area contributed by atoms with Crippen LogP contribution in [0, 0.1) is 11.7 Å². The summed E-state index contributed by atoms with van der Waals surface area (Å²) in [5.41, 5.74) is 1.45. The van der Waals surface area contributed by atoms with E-state index in [1.807, 2.05) is 0 Å². The van der Waals surface area contributed by atoms with E-state index in [1.165, 1.54) is 0 Å². The van der Waals surface area contributed by atoms with Gasteiger partial charge in [-0.15, -0.1) is 0 Å². The molecular weight excluding hydrogens is 357 g/mol. The zero-order chi connectivity index (χ0) is 15.7. The number of halogens is 3. The minimum Gasteiger partial charge on any atom is -0.458 e. The monoisotopic (exact) mass is 375 g/mol. The second kappa shape index (κ2) is 6.67. The third kappa shape index (κ3) is 3.61. The second-order valence-corrected chi connectivity index (χ2v) is 7.26. The van der Waals surface area contributed by atoms with Gasteiger partial charge in [0.1, 0.15) is 5.76 Å². The molecule has 0 fully saturated rings. The average molecular weight is 377 g/mol. The Morgan fingerprint density at radius 3 is 2.57 bits per heavy atom. The third-order valence-electron chi connectivity index (χ3n) is 3.27. The van der Waals surface area contributed by atoms with Gasteiger partial charge in [0.15, 0.2) is 11.4 Å². The highest BCUT2D eigenvalue weighted by Gasteiger charge is 2.22. The fraction of sp³-hybridized carbons (Fsp3) is 0.500. The molecule has 0 spiro atoms. The van der Waals surface area contributed by atoms with Gasteiger partial charge in [-0.2, -0.15) is 0 Å². The number of furan rings is 1. The van der Waals surface area contributed by atoms with Crippen LogP contribution in [0.5, 0.6) is 0 Å². The molecule has 0 saturated carbocycles. The lowest BCUT2D eigenvalue weighted by atomic mass is 9.99. The average Bonchev–Trinajstić information content (AvgIpc) is 2.72. The van der Waals surface area contributed by atoms with Crippen LogP contribution in [0.1, 0.15) is 39.0 Å². The van der Waals surface area contributed by atoms with Crippen LogP contribution in [0.4, 0.5) is 4.39 Å². The molecule has 0 aliphatic heterocycles. The number of hydrogen-bond donors (Lipinski definition) is 1. The van der Waals surface area contributed by atoms with Crippen molar-refractivity contribution in [1.29, 1.82) is 0 Å². The first-order valence-electron chi connectivity index (χ1n) is 7.12. The molecule has 1 aromatic carbocycles. The summed E-state index contributed by atoms with van der Waals surface area (Å²) in [7, 11) is 0. The summed E-state index contributed by atoms with van der Waals surface area (Å²) in [6.07, 6.45) is 0.756. The number of fused-ring (bicyclic) bond motifs is 1. The zero-order valence-electron chi connectivity index (χ0n) is 12.7. The molecule has 5 heteroatoms. The van der Waals surface area contributed by atoms with Crippen LogP contribution in [0.3, 0.4) is 0 Å². The first-order valence-corrected chi connectivity index (χ1v) is 8.29. The van der Waals surface area contributed by atoms with Crippen molar-refractivity contribution in [3.8, 4) is 0 Å². The smallest absolute Gasteiger partial charge is 0.153 e. The lowest BCUT2D eigenvalue weighted by Gasteiger charge is -2.09. The van der Waals surface area contributed by atoms with Gasteiger partial charge in [0.25, 0.3) is 0 Å². The fourth-order valence-corrected chi connectivity index (χ4v) is 3.18. The molecule has 1 N–H and O–H groups in total. The standard InChI is InChI=1S/C16H20BrClFNO/c1-8(2)5-10-13(7-20-9(3)4)21-16-11(17)6-12(18)15(19)14(10)16/h6,8-9,20H,5,7H2,1-4H3. The maximum Gasteiger partial charge on any atom is 0.153 e. The minimum absolute atomic E-state index is 0.114. The summed E-state index contributed by atoms with van der Waals surface area (Å²) in [6, 6.07) is 1.88. The Morgan fingerprint density at radius 1 is 1.33 bits per heavy atom. The van der Waals surface area contributed by atoms with Gasteiger partial charge in [-0.05, 0) is 34.3 Å². The molecule has 0 atom stereocenters. The van der Waals surface area contributed by atoms with Crippen LogP contribution >= 0.6 is 27.5 Å². The van der Waals surface area contributed by atoms with Crippen molar-refractivity contribution in [2.24, 2.45) is 5.92 Å². The highest BCUT2D eigenvalue weighted by Crippen LogP contribution is 2.38. The maximum atomic E-state index is 14.5. The van der Waals surface area contributed by atoms with Gasteiger partial charge in [-0.1, -0.05) is 39.3 Å². The van der Waals surface area contributed by atoms with E-state index < -0.39 is 5.82 Å². The van der Waals surface area contributed by atoms with Crippen LogP contribution < -0.4 is 5.32 Å². The number of nitrogens with one attached hydrogen (secondary N) is 1. The Kier molecular flexibility index (Phi) is 5.33. The van der Waals surface area contributed by atoms with Crippen molar-refractivity contribution in [2.45, 2.75) is 46.7 Å². The Hall–Kier alpha value is -0.580. The molecule has 21 heavy (non-hydrogen) atoms. The molecule has 116 valence electrons. The van der Waals surface area contributed by atoms with Crippen molar-refractivity contribution in [3.05, 3.63) is 32.7 Å². The van der Waals surface area contributed by atoms with Crippen LogP contribution in [-0.4, -0.2) is 6.04 Å². The van der Waals surface area contributed by atoms with Gasteiger partial charge < -0.3 is 9.73 Å². The Balaban J connectivity index is 2.62. The number of hydrogen-bond acceptors (Lipinski definition) is 2. The zero-order valence-corrected chi connectivity index (χ0v) is 15.0. The van der Waals surface area contributed by atoms with E-state index in [-0.39, 0.29) is 5.02 Å². The highest BCUT2D eigenvalue weighted by molar-refractivity contribution is 9.10. The second-order valence-electron chi connectivity index (χ2n) is 6.00. The molecule has 0 saturated heterocycles. The molecule has 0 amide bonds. The molecule has 2 nitrogen and oxygen atoms in total. The van der Waals surface area contributed by atoms with Gasteiger partial charge in [0, 0.05) is 11.6 Å². The van der Waals surface area contributed by atoms with Crippen LogP contribution in [-0.2, 0) is 13.0 Å². The lowest BCUT2D eigenvalue weighted by molar-refractivity contribution is 0.478. The largest absolute Gasteiger partial charge is 0.458 e. The van der Waals surface area contributed by atoms with Gasteiger partial charge in [0.2, 0.25) is 0 Å². The van der Waals surface area contributed by atoms with E-state index >= 15 is 0 Å². The highest BCUT2D eigenvalue weighted by atomic mass is 79.9. The molecule has 0 aliphatic rings. The van der Waals surface area contributed by atoms with Crippen molar-refractivity contribution < 1.29 is 8.81 Å². The van der Waals surface area contributed by atoms with Gasteiger partial charge in [-0.25, -0.2) is 4.39 Å². The number of rotatable bonds is 5. The van der Waals surface area contributed by atoms with Crippen molar-refractivity contribution in [3.63, 3.8) is 0 Å². The van der Waals surface area contributed by atoms with E-state index in [9.17, 15) is 4.39 Å². The van der Waals surface area contributed by atoms with Crippen LogP contribution in [0.25, 0.3) is 11.0 Å². The van der Waals surface area contributed by atoms with E-state index in [0.29, 0.717) is 33.9 Å². The quantitative estimate of drug-likeness (QED) is 0.679. The summed E-state index contributed by atoms with van der Waals surface area (Å²) < 4.78 is 21.1. The van der Waals surface area contributed by atoms with E-state index in [1.54, 1.807) is 6.07 Å². The topological polar surface area (TPSA) is 25.2 Å². The summed E-state index contributed by atoms with van der Waals surface area (Å²) in [4.78, 5) is 0. The van der Waals surface area contributed by atoms with E-state index in [0.717, 1.165) is 17.7 Å². The first kappa shape index (κ1) is 16.8. The van der Waals surface area contributed by atoms with Crippen molar-refractivity contribution >= 4 is 38.5 Å². The predicted molar refractivity (Wildman–Crippen MR) is 89.4 cm³/mol. The van der Waals surface area contributed by atoms with Gasteiger partial charge in [-0.3, -0.25) is 0 Å². The molecule has 0 bridgehead atoms. The fourth-order valence-electron chi connectivity index (χ4n) is 2.34. The van der Waals surface area contributed by atoms with Crippen molar-refractivity contribution in [2.75, 3.05) is 0 Å². The Bertz CT molecular complexity index is 651. The maximum absolute atomic E-state index is 14.5. The molecule has 1 heterocycles. The van der Waals surface area contributed by atoms with Gasteiger partial charge in [0.05, 0.1) is 21.4 Å². The molecule has 2 rings (SSSR count). The summed E-state index contributed by atoms with van der Waals surface area (Å²) in [5, 5.41) is 3.94. The summed E-state index contributed by atoms with van der Waals surface area (Å²) in [5.74, 6) is 0.792. The Labute approximate surface area is 138 Å². The Morgan fingerprint density at radius 2 is 2.00 bits per heavy atom. The molecule has 2 aromatic rings. The van der Waals surface area contributed by atoms with Crippen LogP contribution in [0.15, 0.2) is 15.0 Å². The first-order chi connectivity index (χ1) is 9.81. The predicted octanol–water partition coefficient (Wildman–Crippen LogP) is 5.68. The summed E-state index contributed by atoms with van der Waals surface area (Å²) in [6.45, 7) is 8.93. The number of benzene rings is 1. The van der Waals surface area contributed by atoms with Gasteiger partial charge >= 0.3 is 0 Å². The lowest BCUT2D eigenvalue weighted by Crippen LogP contribution is -2.22. The minimum atomic E-state index is -0.398. The SMILES string of the molecule is CC(C)Cc1c(CNC(C)C)oc2c(Br)cc(Cl)c(F)c12. The molecular formula is C16H20BrClFNO. The van der Waals surface area contributed by atoms with Crippen molar-refractivity contribution in [1.82, 2.24) is 5.32 Å². The molecule has 1 aromatic heterocycles. The normalized spacial score (nSPS) is 12.0. The molecule has 0 aliphatic carbocycles. The van der Waals surface area contributed by atoms with E-state index in [2.05, 4.69) is 48.9 Å². The third-order valence-corrected chi connectivity index (χ3v) is 4.14. The summed E-state index contributed by atoms with van der Waals surface area (Å²) >= 11 is 9.39. The van der Waals surface area contributed by atoms with E-state index in [4.69, 9.17) is 16.0 Å². The van der Waals surface area contributed by atoms with Crippen LogP contribution in [0.2, 0.25) is 5.02 Å². The molecule has 0 unspecified atom stereocenters. The molecule has 0 radical (unpaired) electrons.